The molecule has 0 N–H and O–H groups in total. The first-order chi connectivity index (χ1) is 17.9. The Hall–Kier alpha value is -2.25. The highest BCUT2D eigenvalue weighted by Gasteiger charge is 2.71. The van der Waals surface area contributed by atoms with E-state index >= 15 is 0 Å². The van der Waals surface area contributed by atoms with Crippen LogP contribution in [0, 0.1) is 67.6 Å². The van der Waals surface area contributed by atoms with E-state index in [9.17, 15) is 24.3 Å². The quantitative estimate of drug-likeness (QED) is 0.345. The second-order valence-corrected chi connectivity index (χ2v) is 17.9. The Morgan fingerprint density at radius 1 is 0.974 bits per heavy atom. The van der Waals surface area contributed by atoms with Crippen LogP contribution in [0.25, 0.3) is 0 Å². The predicted octanol–water partition coefficient (Wildman–Crippen LogP) is 6.54. The fraction of sp³-hybridized carbons (Fsp3) is 0.750. The molecule has 0 aliphatic heterocycles. The number of allylic oxidation sites excluding steroid dienone is 4. The summed E-state index contributed by atoms with van der Waals surface area (Å²) < 4.78 is 17.6. The standard InChI is InChI=1S/C32H43N3O3S/c1-27(2)11-13-32(39(8,38)35-19-34)14-12-31(7)25(21(32)17-27)22(36)15-24-29(5)16-20(18-33)26(37)28(3,4)23(29)9-10-30(24,31)6/h15-16,21,23,25H,9-14,17H2,1-8H3/t21-,23-,25-,29-,30+,31+,32-,39?/m0/s1. The molecular formula is C32H43N3O3S. The predicted molar refractivity (Wildman–Crippen MR) is 151 cm³/mol. The van der Waals surface area contributed by atoms with Gasteiger partial charge in [-0.1, -0.05) is 60.1 Å². The summed E-state index contributed by atoms with van der Waals surface area (Å²) in [5, 5.41) is 19.4. The molecule has 210 valence electrons. The van der Waals surface area contributed by atoms with Crippen LogP contribution in [0.15, 0.2) is 27.7 Å². The molecule has 1 unspecified atom stereocenters. The van der Waals surface area contributed by atoms with Crippen molar-refractivity contribution in [1.82, 2.24) is 0 Å². The number of nitriles is 2. The number of hydrogen-bond acceptors (Lipinski definition) is 6. The molecule has 0 bridgehead atoms. The Balaban J connectivity index is 1.74. The smallest absolute Gasteiger partial charge is 0.214 e. The molecule has 3 fully saturated rings. The molecule has 3 saturated carbocycles. The monoisotopic (exact) mass is 549 g/mol. The van der Waals surface area contributed by atoms with Gasteiger partial charge in [0.25, 0.3) is 0 Å². The molecule has 6 nitrogen and oxygen atoms in total. The Morgan fingerprint density at radius 2 is 1.62 bits per heavy atom. The van der Waals surface area contributed by atoms with E-state index < -0.39 is 25.3 Å². The summed E-state index contributed by atoms with van der Waals surface area (Å²) in [6.45, 7) is 15.1. The highest BCUT2D eigenvalue weighted by atomic mass is 32.2. The summed E-state index contributed by atoms with van der Waals surface area (Å²) in [5.41, 5.74) is -0.708. The lowest BCUT2D eigenvalue weighted by molar-refractivity contribution is -0.152. The summed E-state index contributed by atoms with van der Waals surface area (Å²) in [4.78, 5) is 27.7. The number of fused-ring (bicyclic) bond motifs is 7. The molecule has 0 spiro atoms. The maximum absolute atomic E-state index is 14.5. The van der Waals surface area contributed by atoms with Gasteiger partial charge in [0, 0.05) is 23.0 Å². The Bertz CT molecular complexity index is 1450. The van der Waals surface area contributed by atoms with E-state index in [1.54, 1.807) is 6.26 Å². The van der Waals surface area contributed by atoms with Crippen LogP contribution in [-0.2, 0) is 19.3 Å². The van der Waals surface area contributed by atoms with Crippen LogP contribution in [-0.4, -0.2) is 26.8 Å². The first kappa shape index (κ1) is 28.3. The summed E-state index contributed by atoms with van der Waals surface area (Å²) in [6.07, 6.45) is 12.7. The molecule has 0 heterocycles. The summed E-state index contributed by atoms with van der Waals surface area (Å²) in [7, 11) is -2.86. The molecule has 0 saturated heterocycles. The number of hydrogen-bond donors (Lipinski definition) is 0. The van der Waals surface area contributed by atoms with Gasteiger partial charge < -0.3 is 0 Å². The fourth-order valence-corrected chi connectivity index (χ4v) is 12.5. The minimum atomic E-state index is -2.86. The maximum atomic E-state index is 14.5. The van der Waals surface area contributed by atoms with E-state index in [0.29, 0.717) is 12.8 Å². The number of carbonyl (C=O) groups is 2. The van der Waals surface area contributed by atoms with Crippen molar-refractivity contribution in [2.45, 2.75) is 98.2 Å². The van der Waals surface area contributed by atoms with E-state index in [1.807, 2.05) is 32.2 Å². The molecular weight excluding hydrogens is 506 g/mol. The Morgan fingerprint density at radius 3 is 2.23 bits per heavy atom. The van der Waals surface area contributed by atoms with Crippen LogP contribution in [0.1, 0.15) is 93.4 Å². The lowest BCUT2D eigenvalue weighted by Gasteiger charge is -2.69. The van der Waals surface area contributed by atoms with Crippen molar-refractivity contribution < 1.29 is 13.8 Å². The zero-order chi connectivity index (χ0) is 29.0. The minimum Gasteiger partial charge on any atom is -0.295 e. The zero-order valence-corrected chi connectivity index (χ0v) is 25.6. The topological polar surface area (TPSA) is 111 Å². The van der Waals surface area contributed by atoms with Crippen LogP contribution in [0.3, 0.4) is 0 Å². The third kappa shape index (κ3) is 3.38. The molecule has 0 radical (unpaired) electrons. The maximum Gasteiger partial charge on any atom is 0.214 e. The number of carbonyl (C=O) groups excluding carboxylic acids is 2. The van der Waals surface area contributed by atoms with E-state index in [4.69, 9.17) is 0 Å². The van der Waals surface area contributed by atoms with E-state index in [2.05, 4.69) is 45.1 Å². The highest BCUT2D eigenvalue weighted by Crippen LogP contribution is 2.74. The Labute approximate surface area is 234 Å². The van der Waals surface area contributed by atoms with Gasteiger partial charge in [-0.3, -0.25) is 9.59 Å². The summed E-state index contributed by atoms with van der Waals surface area (Å²) >= 11 is 0. The van der Waals surface area contributed by atoms with Crippen molar-refractivity contribution in [2.24, 2.45) is 49.2 Å². The average Bonchev–Trinajstić information content (AvgIpc) is 2.82. The first-order valence-corrected chi connectivity index (χ1v) is 16.3. The van der Waals surface area contributed by atoms with Gasteiger partial charge in [0.15, 0.2) is 11.6 Å². The van der Waals surface area contributed by atoms with Gasteiger partial charge in [0.1, 0.15) is 6.07 Å². The molecule has 0 aromatic rings. The van der Waals surface area contributed by atoms with E-state index in [1.165, 1.54) is 0 Å². The minimum absolute atomic E-state index is 0.00157. The van der Waals surface area contributed by atoms with Gasteiger partial charge >= 0.3 is 0 Å². The highest BCUT2D eigenvalue weighted by molar-refractivity contribution is 7.94. The molecule has 0 amide bonds. The number of nitrogens with zero attached hydrogens (tertiary/aromatic N) is 3. The van der Waals surface area contributed by atoms with Crippen molar-refractivity contribution in [1.29, 1.82) is 10.5 Å². The fourth-order valence-electron chi connectivity index (χ4n) is 10.4. The number of rotatable bonds is 1. The zero-order valence-electron chi connectivity index (χ0n) is 24.8. The van der Waals surface area contributed by atoms with Crippen molar-refractivity contribution in [3.05, 3.63) is 23.3 Å². The molecule has 0 aromatic carbocycles. The lowest BCUT2D eigenvalue weighted by atomic mass is 9.35. The molecule has 39 heavy (non-hydrogen) atoms. The number of Topliss-reactive ketones (excluding diaryl/α,β-unsaturated/α-hetero) is 1. The molecule has 5 aliphatic carbocycles. The van der Waals surface area contributed by atoms with E-state index in [-0.39, 0.29) is 51.1 Å². The van der Waals surface area contributed by atoms with Gasteiger partial charge in [0.05, 0.1) is 20.0 Å². The molecule has 5 rings (SSSR count). The van der Waals surface area contributed by atoms with E-state index in [0.717, 1.165) is 37.7 Å². The van der Waals surface area contributed by atoms with Crippen LogP contribution < -0.4 is 0 Å². The largest absolute Gasteiger partial charge is 0.295 e. The van der Waals surface area contributed by atoms with Crippen molar-refractivity contribution in [3.8, 4) is 12.3 Å². The lowest BCUT2D eigenvalue weighted by Crippen LogP contribution is -2.67. The second-order valence-electron chi connectivity index (χ2n) is 15.3. The molecule has 7 heteroatoms. The van der Waals surface area contributed by atoms with Gasteiger partial charge in [-0.25, -0.2) is 4.21 Å². The van der Waals surface area contributed by atoms with Gasteiger partial charge in [-0.05, 0) is 79.1 Å². The third-order valence-electron chi connectivity index (χ3n) is 12.7. The first-order valence-electron chi connectivity index (χ1n) is 14.4. The third-order valence-corrected chi connectivity index (χ3v) is 15.4. The molecule has 8 atom stereocenters. The van der Waals surface area contributed by atoms with Crippen molar-refractivity contribution in [3.63, 3.8) is 0 Å². The van der Waals surface area contributed by atoms with Crippen molar-refractivity contribution >= 4 is 21.3 Å². The SMILES string of the molecule is CC1(C)CC[C@]2(S(C)(=O)=NC#N)CC[C@]3(C)[C@H](C(=O)C=C4[C@@]5(C)C=C(C#N)C(=O)C(C)(C)[C@@H]5CC[C@]43C)[C@@H]2C1. The normalized spacial score (nSPS) is 45.4. The average molecular weight is 550 g/mol. The van der Waals surface area contributed by atoms with Gasteiger partial charge in [0.2, 0.25) is 6.19 Å². The Kier molecular flexibility index (Phi) is 5.92. The van der Waals surface area contributed by atoms with Gasteiger partial charge in [-0.2, -0.15) is 10.5 Å². The van der Waals surface area contributed by atoms with Crippen LogP contribution >= 0.6 is 0 Å². The van der Waals surface area contributed by atoms with Crippen molar-refractivity contribution in [2.75, 3.05) is 6.26 Å². The van der Waals surface area contributed by atoms with Crippen LogP contribution in [0.4, 0.5) is 0 Å². The van der Waals surface area contributed by atoms with Gasteiger partial charge in [-0.15, -0.1) is 4.36 Å². The second kappa shape index (κ2) is 8.16. The van der Waals surface area contributed by atoms with Crippen LogP contribution in [0.2, 0.25) is 0 Å². The van der Waals surface area contributed by atoms with Crippen LogP contribution in [0.5, 0.6) is 0 Å². The summed E-state index contributed by atoms with van der Waals surface area (Å²) in [5.74, 6) is -0.466. The molecule has 0 aromatic heterocycles. The number of ketones is 2. The molecule has 5 aliphatic rings. The summed E-state index contributed by atoms with van der Waals surface area (Å²) in [6, 6.07) is 2.16.